The number of halogens is 1. The summed E-state index contributed by atoms with van der Waals surface area (Å²) in [6, 6.07) is 17.6. The van der Waals surface area contributed by atoms with E-state index in [0.717, 1.165) is 5.56 Å². The number of aromatic nitrogens is 1. The molecule has 30 heavy (non-hydrogen) atoms. The van der Waals surface area contributed by atoms with Crippen LogP contribution in [0.1, 0.15) is 12.5 Å². The van der Waals surface area contributed by atoms with Crippen molar-refractivity contribution >= 4 is 17.6 Å². The second-order valence-corrected chi connectivity index (χ2v) is 6.95. The van der Waals surface area contributed by atoms with Gasteiger partial charge in [0.1, 0.15) is 18.2 Å². The van der Waals surface area contributed by atoms with Gasteiger partial charge in [-0.1, -0.05) is 18.2 Å². The lowest BCUT2D eigenvalue weighted by molar-refractivity contribution is 0.159. The number of likely N-dealkylation sites (N-methyl/N-ethyl adjacent to an activating group) is 1. The minimum atomic E-state index is -0.472. The van der Waals surface area contributed by atoms with Crippen LogP contribution in [-0.2, 0) is 11.2 Å². The molecule has 0 saturated carbocycles. The fourth-order valence-corrected chi connectivity index (χ4v) is 3.38. The van der Waals surface area contributed by atoms with Crippen LogP contribution in [0.3, 0.4) is 0 Å². The van der Waals surface area contributed by atoms with Crippen LogP contribution in [0.2, 0.25) is 0 Å². The van der Waals surface area contributed by atoms with E-state index in [1.807, 2.05) is 31.2 Å². The van der Waals surface area contributed by atoms with Crippen LogP contribution in [0.25, 0.3) is 0 Å². The van der Waals surface area contributed by atoms with Gasteiger partial charge in [0, 0.05) is 24.5 Å². The van der Waals surface area contributed by atoms with Gasteiger partial charge >= 0.3 is 6.09 Å². The summed E-state index contributed by atoms with van der Waals surface area (Å²) in [6.45, 7) is 2.95. The van der Waals surface area contributed by atoms with Gasteiger partial charge in [0.15, 0.2) is 11.6 Å². The Hall–Kier alpha value is -3.61. The average molecular weight is 407 g/mol. The quantitative estimate of drug-likeness (QED) is 0.588. The van der Waals surface area contributed by atoms with E-state index in [1.165, 1.54) is 6.07 Å². The third-order valence-corrected chi connectivity index (χ3v) is 4.91. The normalized spacial score (nSPS) is 15.7. The van der Waals surface area contributed by atoms with Gasteiger partial charge in [-0.25, -0.2) is 14.2 Å². The molecule has 2 aromatic carbocycles. The molecule has 2 heterocycles. The van der Waals surface area contributed by atoms with Gasteiger partial charge in [-0.15, -0.1) is 0 Å². The van der Waals surface area contributed by atoms with Crippen LogP contribution in [0, 0.1) is 5.82 Å². The highest BCUT2D eigenvalue weighted by molar-refractivity contribution is 5.70. The highest BCUT2D eigenvalue weighted by atomic mass is 19.1. The Balaban J connectivity index is 1.39. The number of amides is 1. The zero-order chi connectivity index (χ0) is 20.9. The average Bonchev–Trinajstić information content (AvgIpc) is 3.11. The second-order valence-electron chi connectivity index (χ2n) is 6.95. The van der Waals surface area contributed by atoms with Crippen molar-refractivity contribution in [2.24, 2.45) is 0 Å². The smallest absolute Gasteiger partial charge is 0.410 e. The first-order chi connectivity index (χ1) is 14.6. The lowest BCUT2D eigenvalue weighted by Gasteiger charge is -2.19. The van der Waals surface area contributed by atoms with Gasteiger partial charge in [-0.3, -0.25) is 0 Å². The lowest BCUT2D eigenvalue weighted by Crippen LogP contribution is -2.34. The van der Waals surface area contributed by atoms with Crippen LogP contribution in [0.5, 0.6) is 11.5 Å². The fourth-order valence-electron chi connectivity index (χ4n) is 3.38. The Labute approximate surface area is 174 Å². The van der Waals surface area contributed by atoms with Gasteiger partial charge in [-0.2, -0.15) is 0 Å². The minimum absolute atomic E-state index is 0.0332. The molecular formula is C23H22FN3O3. The first-order valence-electron chi connectivity index (χ1n) is 9.80. The zero-order valence-corrected chi connectivity index (χ0v) is 16.5. The van der Waals surface area contributed by atoms with Crippen molar-refractivity contribution in [3.05, 3.63) is 78.2 Å². The molecule has 6 nitrogen and oxygen atoms in total. The molecule has 1 N–H and O–H groups in total. The minimum Gasteiger partial charge on any atom is -0.454 e. The van der Waals surface area contributed by atoms with E-state index >= 15 is 0 Å². The predicted molar refractivity (Wildman–Crippen MR) is 112 cm³/mol. The maximum absolute atomic E-state index is 14.5. The van der Waals surface area contributed by atoms with Crippen LogP contribution < -0.4 is 10.1 Å². The number of hydrogen-bond donors (Lipinski definition) is 1. The third-order valence-electron chi connectivity index (χ3n) is 4.91. The molecule has 1 atom stereocenters. The first-order valence-corrected chi connectivity index (χ1v) is 9.80. The van der Waals surface area contributed by atoms with E-state index in [9.17, 15) is 9.18 Å². The SMILES string of the molecule is CCN1C(=O)OC[C@@H]1Cc1ccc(Oc2ccc(Nc3ccccn3)cc2F)cc1. The summed E-state index contributed by atoms with van der Waals surface area (Å²) >= 11 is 0. The van der Waals surface area contributed by atoms with Crippen molar-refractivity contribution < 1.29 is 18.7 Å². The lowest BCUT2D eigenvalue weighted by atomic mass is 10.1. The number of carbonyl (C=O) groups excluding carboxylic acids is 1. The Bertz CT molecular complexity index is 1010. The summed E-state index contributed by atoms with van der Waals surface area (Å²) in [7, 11) is 0. The Kier molecular flexibility index (Phi) is 5.79. The maximum Gasteiger partial charge on any atom is 0.410 e. The van der Waals surface area contributed by atoms with Crippen molar-refractivity contribution in [3.8, 4) is 11.5 Å². The number of nitrogens with zero attached hydrogens (tertiary/aromatic N) is 2. The number of ether oxygens (including phenoxy) is 2. The third kappa shape index (κ3) is 4.51. The molecular weight excluding hydrogens is 385 g/mol. The Morgan fingerprint density at radius 1 is 1.20 bits per heavy atom. The number of anilines is 2. The Morgan fingerprint density at radius 2 is 2.03 bits per heavy atom. The van der Waals surface area contributed by atoms with E-state index < -0.39 is 5.82 Å². The number of cyclic esters (lactones) is 1. The van der Waals surface area contributed by atoms with Crippen molar-refractivity contribution in [2.45, 2.75) is 19.4 Å². The molecule has 0 radical (unpaired) electrons. The molecule has 4 rings (SSSR count). The van der Waals surface area contributed by atoms with E-state index in [-0.39, 0.29) is 17.9 Å². The maximum atomic E-state index is 14.5. The molecule has 1 amide bonds. The van der Waals surface area contributed by atoms with Crippen molar-refractivity contribution in [3.63, 3.8) is 0 Å². The summed E-state index contributed by atoms with van der Waals surface area (Å²) < 4.78 is 25.3. The fraction of sp³-hybridized carbons (Fsp3) is 0.217. The van der Waals surface area contributed by atoms with E-state index in [1.54, 1.807) is 41.4 Å². The molecule has 3 aromatic rings. The van der Waals surface area contributed by atoms with Crippen molar-refractivity contribution in [2.75, 3.05) is 18.5 Å². The molecule has 0 aliphatic carbocycles. The molecule has 154 valence electrons. The van der Waals surface area contributed by atoms with Gasteiger partial charge in [0.05, 0.1) is 6.04 Å². The molecule has 1 aliphatic heterocycles. The number of carbonyl (C=O) groups is 1. The van der Waals surface area contributed by atoms with Crippen molar-refractivity contribution in [1.82, 2.24) is 9.88 Å². The van der Waals surface area contributed by atoms with Crippen molar-refractivity contribution in [1.29, 1.82) is 0 Å². The highest BCUT2D eigenvalue weighted by Gasteiger charge is 2.31. The summed E-state index contributed by atoms with van der Waals surface area (Å²) in [5, 5.41) is 3.04. The zero-order valence-electron chi connectivity index (χ0n) is 16.5. The molecule has 1 aliphatic rings. The highest BCUT2D eigenvalue weighted by Crippen LogP contribution is 2.28. The van der Waals surface area contributed by atoms with E-state index in [2.05, 4.69) is 10.3 Å². The second kappa shape index (κ2) is 8.82. The molecule has 1 saturated heterocycles. The molecule has 0 bridgehead atoms. The van der Waals surface area contributed by atoms with E-state index in [0.29, 0.717) is 36.8 Å². The molecule has 1 fully saturated rings. The largest absolute Gasteiger partial charge is 0.454 e. The molecule has 0 unspecified atom stereocenters. The van der Waals surface area contributed by atoms with Crippen LogP contribution in [-0.4, -0.2) is 35.2 Å². The standard InChI is InChI=1S/C23H22FN3O3/c1-2-27-18(15-29-23(27)28)13-16-6-9-19(10-7-16)30-21-11-8-17(14-20(21)24)26-22-5-3-4-12-25-22/h3-12,14,18H,2,13,15H2,1H3,(H,25,26)/t18-/m0/s1. The molecule has 7 heteroatoms. The molecule has 0 spiro atoms. The van der Waals surface area contributed by atoms with Gasteiger partial charge < -0.3 is 19.7 Å². The molecule has 1 aromatic heterocycles. The number of pyridine rings is 1. The van der Waals surface area contributed by atoms with E-state index in [4.69, 9.17) is 9.47 Å². The number of hydrogen-bond acceptors (Lipinski definition) is 5. The van der Waals surface area contributed by atoms with Crippen LogP contribution in [0.15, 0.2) is 66.9 Å². The number of benzene rings is 2. The number of nitrogens with one attached hydrogen (secondary N) is 1. The Morgan fingerprint density at radius 3 is 2.73 bits per heavy atom. The van der Waals surface area contributed by atoms with Gasteiger partial charge in [0.25, 0.3) is 0 Å². The number of rotatable bonds is 7. The monoisotopic (exact) mass is 407 g/mol. The predicted octanol–water partition coefficient (Wildman–Crippen LogP) is 5.14. The van der Waals surface area contributed by atoms with Gasteiger partial charge in [0.2, 0.25) is 0 Å². The van der Waals surface area contributed by atoms with Crippen LogP contribution >= 0.6 is 0 Å². The topological polar surface area (TPSA) is 63.7 Å². The summed E-state index contributed by atoms with van der Waals surface area (Å²) in [4.78, 5) is 17.5. The summed E-state index contributed by atoms with van der Waals surface area (Å²) in [6.07, 6.45) is 2.10. The first kappa shape index (κ1) is 19.7. The summed E-state index contributed by atoms with van der Waals surface area (Å²) in [5.74, 6) is 0.841. The van der Waals surface area contributed by atoms with Gasteiger partial charge in [-0.05, 0) is 55.3 Å². The summed E-state index contributed by atoms with van der Waals surface area (Å²) in [5.41, 5.74) is 1.64. The van der Waals surface area contributed by atoms with Crippen LogP contribution in [0.4, 0.5) is 20.7 Å².